The minimum atomic E-state index is -1.61. The molecule has 9 nitrogen and oxygen atoms in total. The van der Waals surface area contributed by atoms with Gasteiger partial charge in [0.05, 0.1) is 30.3 Å². The number of morpholine rings is 1. The summed E-state index contributed by atoms with van der Waals surface area (Å²) < 4.78 is 10.4. The van der Waals surface area contributed by atoms with Gasteiger partial charge < -0.3 is 19.8 Å². The van der Waals surface area contributed by atoms with Crippen molar-refractivity contribution in [1.82, 2.24) is 20.2 Å². The Morgan fingerprint density at radius 3 is 2.72 bits per heavy atom. The molecule has 9 heteroatoms. The lowest BCUT2D eigenvalue weighted by molar-refractivity contribution is -0.0457. The summed E-state index contributed by atoms with van der Waals surface area (Å²) in [6.45, 7) is 6.62. The first-order valence-electron chi connectivity index (χ1n) is 9.82. The predicted molar refractivity (Wildman–Crippen MR) is 105 cm³/mol. The summed E-state index contributed by atoms with van der Waals surface area (Å²) in [4.78, 5) is 9.10. The van der Waals surface area contributed by atoms with Gasteiger partial charge in [0.1, 0.15) is 5.52 Å². The number of ether oxygens (including phenoxy) is 1. The van der Waals surface area contributed by atoms with Crippen LogP contribution in [0.1, 0.15) is 12.0 Å². The van der Waals surface area contributed by atoms with Crippen molar-refractivity contribution >= 4 is 16.7 Å². The van der Waals surface area contributed by atoms with Crippen LogP contribution in [0.2, 0.25) is 0 Å². The van der Waals surface area contributed by atoms with E-state index in [0.29, 0.717) is 17.1 Å². The van der Waals surface area contributed by atoms with Gasteiger partial charge in [-0.3, -0.25) is 4.90 Å². The van der Waals surface area contributed by atoms with Crippen molar-refractivity contribution in [3.05, 3.63) is 36.0 Å². The number of nitrogens with zero attached hydrogens (tertiary/aromatic N) is 5. The average molecular weight is 397 g/mol. The Bertz CT molecular complexity index is 995. The summed E-state index contributed by atoms with van der Waals surface area (Å²) in [6, 6.07) is 9.05. The van der Waals surface area contributed by atoms with E-state index >= 15 is 0 Å². The van der Waals surface area contributed by atoms with Crippen LogP contribution in [0, 0.1) is 5.92 Å². The minimum Gasteiger partial charge on any atom is -0.379 e. The predicted octanol–water partition coefficient (Wildman–Crippen LogP) is 1.04. The van der Waals surface area contributed by atoms with E-state index in [4.69, 9.17) is 9.37 Å². The number of fused-ring (bicyclic) bond motifs is 1. The molecule has 0 bridgehead atoms. The molecule has 2 aromatic heterocycles. The van der Waals surface area contributed by atoms with Crippen LogP contribution in [-0.4, -0.2) is 76.3 Å². The quantitative estimate of drug-likeness (QED) is 0.610. The molecule has 1 aromatic carbocycles. The minimum absolute atomic E-state index is 0.206. The van der Waals surface area contributed by atoms with Crippen molar-refractivity contribution in [1.29, 1.82) is 0 Å². The molecule has 0 atom stereocenters. The highest BCUT2D eigenvalue weighted by Crippen LogP contribution is 2.35. The number of aromatic nitrogens is 3. The molecule has 0 amide bonds. The summed E-state index contributed by atoms with van der Waals surface area (Å²) in [7, 11) is 0. The fraction of sp³-hybridized carbons (Fsp3) is 0.450. The van der Waals surface area contributed by atoms with E-state index in [9.17, 15) is 10.2 Å². The fourth-order valence-electron chi connectivity index (χ4n) is 4.05. The molecule has 0 radical (unpaired) electrons. The zero-order valence-corrected chi connectivity index (χ0v) is 15.9. The van der Waals surface area contributed by atoms with Gasteiger partial charge in [0, 0.05) is 44.2 Å². The first-order valence-corrected chi connectivity index (χ1v) is 9.82. The number of anilines is 1. The second-order valence-electron chi connectivity index (χ2n) is 7.63. The van der Waals surface area contributed by atoms with Crippen LogP contribution in [-0.2, 0) is 4.74 Å². The number of pyridine rings is 1. The van der Waals surface area contributed by atoms with Crippen LogP contribution in [0.15, 0.2) is 35.0 Å². The Labute approximate surface area is 167 Å². The standard InChI is InChI=1S/C20H23N5O4/c26-20(27)16-3-1-2-15(21-16)14-8-17-19(23-29-22-17)18(9-14)25-11-13(12-25)10-24-4-6-28-7-5-24/h1-3,8-9,13,20,26-27H,4-7,10-12H2. The van der Waals surface area contributed by atoms with E-state index in [2.05, 4.69) is 25.1 Å². The topological polar surface area (TPSA) is 108 Å². The van der Waals surface area contributed by atoms with Crippen molar-refractivity contribution in [3.8, 4) is 11.3 Å². The summed E-state index contributed by atoms with van der Waals surface area (Å²) in [5.41, 5.74) is 4.04. The van der Waals surface area contributed by atoms with Gasteiger partial charge in [-0.05, 0) is 34.6 Å². The van der Waals surface area contributed by atoms with Gasteiger partial charge in [0.2, 0.25) is 0 Å². The smallest absolute Gasteiger partial charge is 0.196 e. The lowest BCUT2D eigenvalue weighted by atomic mass is 9.97. The first kappa shape index (κ1) is 18.4. The maximum absolute atomic E-state index is 9.42. The van der Waals surface area contributed by atoms with E-state index in [0.717, 1.165) is 62.7 Å². The van der Waals surface area contributed by atoms with Crippen LogP contribution in [0.25, 0.3) is 22.3 Å². The first-order chi connectivity index (χ1) is 14.2. The van der Waals surface area contributed by atoms with Gasteiger partial charge in [-0.2, -0.15) is 0 Å². The van der Waals surface area contributed by atoms with E-state index < -0.39 is 6.29 Å². The monoisotopic (exact) mass is 397 g/mol. The molecule has 152 valence electrons. The molecule has 4 heterocycles. The Morgan fingerprint density at radius 2 is 1.93 bits per heavy atom. The molecule has 2 fully saturated rings. The van der Waals surface area contributed by atoms with Crippen molar-refractivity contribution < 1.29 is 19.6 Å². The maximum Gasteiger partial charge on any atom is 0.196 e. The number of hydrogen-bond donors (Lipinski definition) is 2. The van der Waals surface area contributed by atoms with E-state index in [1.54, 1.807) is 12.1 Å². The normalized spacial score (nSPS) is 18.5. The number of hydrogen-bond acceptors (Lipinski definition) is 9. The Morgan fingerprint density at radius 1 is 1.10 bits per heavy atom. The molecular weight excluding hydrogens is 374 g/mol. The summed E-state index contributed by atoms with van der Waals surface area (Å²) in [5.74, 6) is 0.609. The number of aliphatic hydroxyl groups is 2. The summed E-state index contributed by atoms with van der Waals surface area (Å²) >= 11 is 0. The molecule has 5 rings (SSSR count). The fourth-order valence-corrected chi connectivity index (χ4v) is 4.05. The lowest BCUT2D eigenvalue weighted by Gasteiger charge is -2.43. The Hall–Kier alpha value is -2.59. The van der Waals surface area contributed by atoms with Gasteiger partial charge >= 0.3 is 0 Å². The van der Waals surface area contributed by atoms with Crippen molar-refractivity contribution in [2.75, 3.05) is 50.8 Å². The second-order valence-corrected chi connectivity index (χ2v) is 7.63. The molecule has 0 saturated carbocycles. The Kier molecular flexibility index (Phi) is 4.88. The average Bonchev–Trinajstić information content (AvgIpc) is 3.19. The van der Waals surface area contributed by atoms with Crippen LogP contribution in [0.3, 0.4) is 0 Å². The number of benzene rings is 1. The van der Waals surface area contributed by atoms with Gasteiger partial charge in [0.15, 0.2) is 11.8 Å². The molecule has 0 aliphatic carbocycles. The highest BCUT2D eigenvalue weighted by atomic mass is 16.6. The lowest BCUT2D eigenvalue weighted by Crippen LogP contribution is -2.53. The highest BCUT2D eigenvalue weighted by molar-refractivity contribution is 5.92. The van der Waals surface area contributed by atoms with E-state index in [-0.39, 0.29) is 5.69 Å². The van der Waals surface area contributed by atoms with Crippen LogP contribution in [0.5, 0.6) is 0 Å². The van der Waals surface area contributed by atoms with Crippen molar-refractivity contribution in [2.24, 2.45) is 5.92 Å². The largest absolute Gasteiger partial charge is 0.379 e. The molecule has 2 saturated heterocycles. The molecule has 2 N–H and O–H groups in total. The number of rotatable bonds is 5. The summed E-state index contributed by atoms with van der Waals surface area (Å²) in [5, 5.41) is 26.9. The molecule has 2 aliphatic heterocycles. The van der Waals surface area contributed by atoms with E-state index in [1.165, 1.54) is 0 Å². The van der Waals surface area contributed by atoms with Crippen molar-refractivity contribution in [2.45, 2.75) is 6.29 Å². The third kappa shape index (κ3) is 3.69. The third-order valence-electron chi connectivity index (χ3n) is 5.59. The van der Waals surface area contributed by atoms with Gasteiger partial charge in [0.25, 0.3) is 0 Å². The molecule has 3 aromatic rings. The Balaban J connectivity index is 1.38. The molecular formula is C20H23N5O4. The molecule has 0 unspecified atom stereocenters. The SMILES string of the molecule is OC(O)c1cccc(-c2cc(N3CC(CN4CCOCC4)C3)c3nonc3c2)n1. The second kappa shape index (κ2) is 7.68. The zero-order valence-electron chi connectivity index (χ0n) is 15.9. The van der Waals surface area contributed by atoms with Crippen LogP contribution < -0.4 is 4.90 Å². The van der Waals surface area contributed by atoms with Gasteiger partial charge in [-0.1, -0.05) is 6.07 Å². The third-order valence-corrected chi connectivity index (χ3v) is 5.59. The van der Waals surface area contributed by atoms with Crippen molar-refractivity contribution in [3.63, 3.8) is 0 Å². The van der Waals surface area contributed by atoms with Crippen LogP contribution >= 0.6 is 0 Å². The zero-order chi connectivity index (χ0) is 19.8. The van der Waals surface area contributed by atoms with Crippen LogP contribution in [0.4, 0.5) is 5.69 Å². The highest BCUT2D eigenvalue weighted by Gasteiger charge is 2.31. The molecule has 29 heavy (non-hydrogen) atoms. The maximum atomic E-state index is 9.42. The summed E-state index contributed by atoms with van der Waals surface area (Å²) in [6.07, 6.45) is -1.61. The van der Waals surface area contributed by atoms with Gasteiger partial charge in [-0.15, -0.1) is 0 Å². The van der Waals surface area contributed by atoms with E-state index in [1.807, 2.05) is 18.2 Å². The molecule has 2 aliphatic rings. The number of aliphatic hydroxyl groups excluding tert-OH is 1. The van der Waals surface area contributed by atoms with Gasteiger partial charge in [-0.25, -0.2) is 9.61 Å². The molecule has 0 spiro atoms.